The van der Waals surface area contributed by atoms with Gasteiger partial charge in [-0.25, -0.2) is 0 Å². The van der Waals surface area contributed by atoms with Crippen LogP contribution in [0, 0.1) is 0 Å². The first-order valence-electron chi connectivity index (χ1n) is 4.67. The molecule has 0 saturated carbocycles. The molecule has 2 atom stereocenters. The first-order chi connectivity index (χ1) is 8.12. The maximum absolute atomic E-state index is 12.5. The van der Waals surface area contributed by atoms with E-state index in [-0.39, 0.29) is 10.6 Å². The van der Waals surface area contributed by atoms with Crippen molar-refractivity contribution in [2.75, 3.05) is 0 Å². The van der Waals surface area contributed by atoms with Crippen LogP contribution < -0.4 is 5.73 Å². The zero-order valence-electron chi connectivity index (χ0n) is 8.78. The van der Waals surface area contributed by atoms with Crippen molar-refractivity contribution in [3.63, 3.8) is 0 Å². The highest BCUT2D eigenvalue weighted by atomic mass is 35.5. The summed E-state index contributed by atoms with van der Waals surface area (Å²) in [6, 6.07) is 0.581. The number of aliphatic hydroxyl groups excluding tert-OH is 1. The molecule has 0 fully saturated rings. The van der Waals surface area contributed by atoms with E-state index in [0.717, 1.165) is 6.07 Å². The third kappa shape index (κ3) is 3.34. The second-order valence-corrected chi connectivity index (χ2v) is 4.02. The molecule has 0 heterocycles. The number of carbonyl (C=O) groups is 1. The van der Waals surface area contributed by atoms with Crippen molar-refractivity contribution >= 4 is 17.6 Å². The van der Waals surface area contributed by atoms with E-state index in [0.29, 0.717) is 12.1 Å². The van der Waals surface area contributed by atoms with Gasteiger partial charge >= 0.3 is 12.1 Å². The number of carboxylic acid groups (broad SMARTS) is 1. The Hall–Kier alpha value is -1.31. The van der Waals surface area contributed by atoms with Crippen LogP contribution in [-0.4, -0.2) is 22.2 Å². The Bertz CT molecular complexity index is 464. The molecule has 0 amide bonds. The number of aliphatic hydroxyl groups is 1. The zero-order chi connectivity index (χ0) is 14.1. The molecule has 0 saturated heterocycles. The number of alkyl halides is 3. The van der Waals surface area contributed by atoms with Crippen molar-refractivity contribution in [2.45, 2.75) is 18.3 Å². The second-order valence-electron chi connectivity index (χ2n) is 3.58. The van der Waals surface area contributed by atoms with Crippen LogP contribution >= 0.6 is 11.6 Å². The average Bonchev–Trinajstić information content (AvgIpc) is 2.24. The normalized spacial score (nSPS) is 15.2. The monoisotopic (exact) mass is 283 g/mol. The highest BCUT2D eigenvalue weighted by molar-refractivity contribution is 6.30. The van der Waals surface area contributed by atoms with Crippen LogP contribution in [0.2, 0.25) is 5.02 Å². The molecule has 8 heteroatoms. The van der Waals surface area contributed by atoms with E-state index in [1.54, 1.807) is 0 Å². The van der Waals surface area contributed by atoms with Gasteiger partial charge in [0.2, 0.25) is 0 Å². The minimum absolute atomic E-state index is 0.267. The molecule has 1 aromatic rings. The SMILES string of the molecule is NC(C(=O)O)C(O)c1cc(Cl)cc(C(F)(F)F)c1. The number of hydrogen-bond donors (Lipinski definition) is 3. The molecule has 0 spiro atoms. The van der Waals surface area contributed by atoms with Crippen molar-refractivity contribution in [2.24, 2.45) is 5.73 Å². The first kappa shape index (κ1) is 14.7. The molecule has 100 valence electrons. The van der Waals surface area contributed by atoms with Gasteiger partial charge in [0.05, 0.1) is 5.56 Å². The van der Waals surface area contributed by atoms with Crippen molar-refractivity contribution in [3.05, 3.63) is 34.3 Å². The number of halogens is 4. The predicted octanol–water partition coefficient (Wildman–Crippen LogP) is 1.80. The molecular weight excluding hydrogens is 275 g/mol. The van der Waals surface area contributed by atoms with E-state index in [4.69, 9.17) is 22.4 Å². The summed E-state index contributed by atoms with van der Waals surface area (Å²) in [5, 5.41) is 17.8. The van der Waals surface area contributed by atoms with Crippen LogP contribution in [0.3, 0.4) is 0 Å². The maximum Gasteiger partial charge on any atom is 0.416 e. The largest absolute Gasteiger partial charge is 0.480 e. The number of aliphatic carboxylic acids is 1. The standard InChI is InChI=1S/C10H9ClF3NO3/c11-6-2-4(8(16)7(15)9(17)18)1-5(3-6)10(12,13)14/h1-3,7-8,16H,15H2,(H,17,18). The summed E-state index contributed by atoms with van der Waals surface area (Å²) in [4.78, 5) is 10.5. The molecule has 1 rings (SSSR count). The van der Waals surface area contributed by atoms with Crippen molar-refractivity contribution in [3.8, 4) is 0 Å². The van der Waals surface area contributed by atoms with Crippen molar-refractivity contribution in [1.29, 1.82) is 0 Å². The van der Waals surface area contributed by atoms with Gasteiger partial charge in [0.1, 0.15) is 12.1 Å². The summed E-state index contributed by atoms with van der Waals surface area (Å²) in [5.41, 5.74) is 3.74. The lowest BCUT2D eigenvalue weighted by atomic mass is 10.0. The fourth-order valence-electron chi connectivity index (χ4n) is 1.29. The van der Waals surface area contributed by atoms with E-state index in [1.807, 2.05) is 0 Å². The molecule has 0 aromatic heterocycles. The van der Waals surface area contributed by atoms with Gasteiger partial charge in [-0.2, -0.15) is 13.2 Å². The van der Waals surface area contributed by atoms with Crippen LogP contribution in [0.25, 0.3) is 0 Å². The second kappa shape index (κ2) is 5.13. The van der Waals surface area contributed by atoms with Crippen LogP contribution in [0.4, 0.5) is 13.2 Å². The fraction of sp³-hybridized carbons (Fsp3) is 0.300. The molecule has 0 radical (unpaired) electrons. The van der Waals surface area contributed by atoms with E-state index in [9.17, 15) is 23.1 Å². The van der Waals surface area contributed by atoms with Crippen LogP contribution in [0.15, 0.2) is 18.2 Å². The first-order valence-corrected chi connectivity index (χ1v) is 5.05. The number of benzene rings is 1. The lowest BCUT2D eigenvalue weighted by molar-refractivity contribution is -0.141. The molecule has 0 aliphatic heterocycles. The molecule has 4 nitrogen and oxygen atoms in total. The molecule has 0 bridgehead atoms. The summed E-state index contributed by atoms with van der Waals surface area (Å²) in [5.74, 6) is -1.53. The van der Waals surface area contributed by atoms with Crippen molar-refractivity contribution in [1.82, 2.24) is 0 Å². The summed E-state index contributed by atoms with van der Waals surface area (Å²) in [6.07, 6.45) is -6.42. The van der Waals surface area contributed by atoms with Crippen LogP contribution in [0.1, 0.15) is 17.2 Å². The molecule has 0 aliphatic rings. The Balaban J connectivity index is 3.18. The van der Waals surface area contributed by atoms with Gasteiger partial charge in [-0.05, 0) is 23.8 Å². The lowest BCUT2D eigenvalue weighted by Crippen LogP contribution is -2.36. The average molecular weight is 284 g/mol. The van der Waals surface area contributed by atoms with Gasteiger partial charge in [0.15, 0.2) is 0 Å². The molecular formula is C10H9ClF3NO3. The van der Waals surface area contributed by atoms with E-state index in [2.05, 4.69) is 0 Å². The maximum atomic E-state index is 12.5. The topological polar surface area (TPSA) is 83.6 Å². The van der Waals surface area contributed by atoms with E-state index < -0.39 is 29.9 Å². The Labute approximate surface area is 105 Å². The molecule has 18 heavy (non-hydrogen) atoms. The zero-order valence-corrected chi connectivity index (χ0v) is 9.53. The minimum Gasteiger partial charge on any atom is -0.480 e. The molecule has 1 aromatic carbocycles. The lowest BCUT2D eigenvalue weighted by Gasteiger charge is -2.17. The van der Waals surface area contributed by atoms with Crippen molar-refractivity contribution < 1.29 is 28.2 Å². The van der Waals surface area contributed by atoms with Crippen LogP contribution in [-0.2, 0) is 11.0 Å². The van der Waals surface area contributed by atoms with Gasteiger partial charge < -0.3 is 15.9 Å². The Morgan fingerprint density at radius 3 is 2.33 bits per heavy atom. The third-order valence-electron chi connectivity index (χ3n) is 2.21. The highest BCUT2D eigenvalue weighted by Crippen LogP contribution is 2.33. The van der Waals surface area contributed by atoms with E-state index in [1.165, 1.54) is 0 Å². The van der Waals surface area contributed by atoms with Crippen LogP contribution in [0.5, 0.6) is 0 Å². The molecule has 2 unspecified atom stereocenters. The Morgan fingerprint density at radius 2 is 1.89 bits per heavy atom. The van der Waals surface area contributed by atoms with Gasteiger partial charge in [-0.1, -0.05) is 11.6 Å². The summed E-state index contributed by atoms with van der Waals surface area (Å²) in [7, 11) is 0. The van der Waals surface area contributed by atoms with Gasteiger partial charge in [-0.15, -0.1) is 0 Å². The quantitative estimate of drug-likeness (QED) is 0.790. The highest BCUT2D eigenvalue weighted by Gasteiger charge is 2.33. The number of nitrogens with two attached hydrogens (primary N) is 1. The minimum atomic E-state index is -4.65. The Kier molecular flexibility index (Phi) is 4.20. The number of carboxylic acids is 1. The predicted molar refractivity (Wildman–Crippen MR) is 57.0 cm³/mol. The summed E-state index contributed by atoms with van der Waals surface area (Å²) < 4.78 is 37.4. The van der Waals surface area contributed by atoms with Gasteiger partial charge in [0, 0.05) is 5.02 Å². The summed E-state index contributed by atoms with van der Waals surface area (Å²) >= 11 is 5.49. The summed E-state index contributed by atoms with van der Waals surface area (Å²) in [6.45, 7) is 0. The molecule has 0 aliphatic carbocycles. The fourth-order valence-corrected chi connectivity index (χ4v) is 1.53. The van der Waals surface area contributed by atoms with Gasteiger partial charge in [-0.3, -0.25) is 4.79 Å². The number of rotatable bonds is 3. The smallest absolute Gasteiger partial charge is 0.416 e. The van der Waals surface area contributed by atoms with Gasteiger partial charge in [0.25, 0.3) is 0 Å². The van der Waals surface area contributed by atoms with E-state index >= 15 is 0 Å². The Morgan fingerprint density at radius 1 is 1.33 bits per heavy atom. The molecule has 4 N–H and O–H groups in total. The number of hydrogen-bond acceptors (Lipinski definition) is 3. The third-order valence-corrected chi connectivity index (χ3v) is 2.43.